The number of hydrogen-bond donors (Lipinski definition) is 0. The molecule has 1 aromatic carbocycles. The summed E-state index contributed by atoms with van der Waals surface area (Å²) in [6.45, 7) is 3.49. The van der Waals surface area contributed by atoms with Crippen molar-refractivity contribution in [1.82, 2.24) is 4.98 Å². The number of aromatic nitrogens is 1. The molecule has 1 aliphatic rings. The van der Waals surface area contributed by atoms with Crippen molar-refractivity contribution in [3.8, 4) is 5.75 Å². The van der Waals surface area contributed by atoms with Gasteiger partial charge in [0, 0.05) is 11.6 Å². The minimum absolute atomic E-state index is 0.285. The Kier molecular flexibility index (Phi) is 2.26. The van der Waals surface area contributed by atoms with Crippen LogP contribution in [0.1, 0.15) is 5.56 Å². The molecule has 3 nitrogen and oxygen atoms in total. The van der Waals surface area contributed by atoms with Crippen molar-refractivity contribution in [2.45, 2.75) is 13.0 Å². The first-order valence-corrected chi connectivity index (χ1v) is 5.43. The van der Waals surface area contributed by atoms with E-state index < -0.39 is 0 Å². The van der Waals surface area contributed by atoms with E-state index in [9.17, 15) is 0 Å². The molecule has 0 radical (unpaired) electrons. The predicted molar refractivity (Wildman–Crippen MR) is 61.7 cm³/mol. The molecule has 1 aliphatic heterocycles. The van der Waals surface area contributed by atoms with Gasteiger partial charge in [0.25, 0.3) is 0 Å². The highest BCUT2D eigenvalue weighted by atomic mass is 16.6. The second kappa shape index (κ2) is 3.76. The van der Waals surface area contributed by atoms with Crippen molar-refractivity contribution in [1.29, 1.82) is 0 Å². The molecule has 0 N–H and O–H groups in total. The molecule has 1 saturated heterocycles. The summed E-state index contributed by atoms with van der Waals surface area (Å²) < 4.78 is 10.9. The summed E-state index contributed by atoms with van der Waals surface area (Å²) in [4.78, 5) is 4.37. The summed E-state index contributed by atoms with van der Waals surface area (Å²) in [6, 6.07) is 8.04. The third-order valence-electron chi connectivity index (χ3n) is 2.65. The van der Waals surface area contributed by atoms with Crippen molar-refractivity contribution < 1.29 is 9.47 Å². The number of pyridine rings is 1. The molecular weight excluding hydrogens is 202 g/mol. The maximum Gasteiger partial charge on any atom is 0.128 e. The molecule has 1 aromatic heterocycles. The fourth-order valence-corrected chi connectivity index (χ4v) is 1.70. The second-order valence-electron chi connectivity index (χ2n) is 4.10. The number of rotatable bonds is 3. The van der Waals surface area contributed by atoms with Gasteiger partial charge < -0.3 is 9.47 Å². The molecule has 2 heterocycles. The molecule has 1 atom stereocenters. The van der Waals surface area contributed by atoms with E-state index in [-0.39, 0.29) is 6.10 Å². The number of hydrogen-bond acceptors (Lipinski definition) is 3. The lowest BCUT2D eigenvalue weighted by Crippen LogP contribution is -2.04. The lowest BCUT2D eigenvalue weighted by molar-refractivity contribution is 0.265. The van der Waals surface area contributed by atoms with Crippen LogP contribution in [0.15, 0.2) is 30.5 Å². The molecule has 1 unspecified atom stereocenters. The molecule has 82 valence electrons. The van der Waals surface area contributed by atoms with E-state index in [4.69, 9.17) is 9.47 Å². The monoisotopic (exact) mass is 215 g/mol. The van der Waals surface area contributed by atoms with E-state index in [0.29, 0.717) is 6.61 Å². The molecular formula is C13H13NO2. The highest BCUT2D eigenvalue weighted by Crippen LogP contribution is 2.25. The zero-order valence-corrected chi connectivity index (χ0v) is 9.14. The van der Waals surface area contributed by atoms with Gasteiger partial charge in [-0.3, -0.25) is 4.98 Å². The molecule has 0 spiro atoms. The Morgan fingerprint density at radius 2 is 2.38 bits per heavy atom. The zero-order chi connectivity index (χ0) is 11.0. The van der Waals surface area contributed by atoms with Crippen LogP contribution in [0.25, 0.3) is 10.9 Å². The van der Waals surface area contributed by atoms with E-state index in [1.165, 1.54) is 0 Å². The summed E-state index contributed by atoms with van der Waals surface area (Å²) in [5.41, 5.74) is 2.12. The van der Waals surface area contributed by atoms with Gasteiger partial charge in [0.15, 0.2) is 0 Å². The third-order valence-corrected chi connectivity index (χ3v) is 2.65. The van der Waals surface area contributed by atoms with Crippen LogP contribution in [0.3, 0.4) is 0 Å². The van der Waals surface area contributed by atoms with E-state index in [0.717, 1.165) is 28.8 Å². The van der Waals surface area contributed by atoms with Gasteiger partial charge in [-0.25, -0.2) is 0 Å². The first-order valence-electron chi connectivity index (χ1n) is 5.43. The summed E-state index contributed by atoms with van der Waals surface area (Å²) in [5.74, 6) is 0.893. The molecule has 1 fully saturated rings. The largest absolute Gasteiger partial charge is 0.490 e. The Labute approximate surface area is 94.0 Å². The standard InChI is InChI=1S/C13H13NO2/c1-9-5-11-12(14-6-9)3-2-4-13(11)16-8-10-7-15-10/h2-6,10H,7-8H2,1H3. The van der Waals surface area contributed by atoms with Gasteiger partial charge >= 0.3 is 0 Å². The first kappa shape index (κ1) is 9.60. The lowest BCUT2D eigenvalue weighted by atomic mass is 10.1. The lowest BCUT2D eigenvalue weighted by Gasteiger charge is -2.07. The van der Waals surface area contributed by atoms with Crippen LogP contribution in [-0.4, -0.2) is 24.3 Å². The van der Waals surface area contributed by atoms with Gasteiger partial charge in [-0.05, 0) is 30.7 Å². The normalized spacial score (nSPS) is 18.7. The molecule has 0 aliphatic carbocycles. The molecule has 16 heavy (non-hydrogen) atoms. The third kappa shape index (κ3) is 1.86. The maximum absolute atomic E-state index is 5.73. The number of nitrogens with zero attached hydrogens (tertiary/aromatic N) is 1. The summed E-state index contributed by atoms with van der Waals surface area (Å²) in [6.07, 6.45) is 2.16. The number of aryl methyl sites for hydroxylation is 1. The minimum Gasteiger partial charge on any atom is -0.490 e. The fraction of sp³-hybridized carbons (Fsp3) is 0.308. The maximum atomic E-state index is 5.73. The van der Waals surface area contributed by atoms with Gasteiger partial charge in [-0.1, -0.05) is 6.07 Å². The Hall–Kier alpha value is -1.61. The Bertz CT molecular complexity index is 520. The van der Waals surface area contributed by atoms with Gasteiger partial charge in [0.2, 0.25) is 0 Å². The minimum atomic E-state index is 0.285. The van der Waals surface area contributed by atoms with E-state index in [1.54, 1.807) is 0 Å². The van der Waals surface area contributed by atoms with E-state index >= 15 is 0 Å². The van der Waals surface area contributed by atoms with Crippen LogP contribution in [0, 0.1) is 6.92 Å². The Morgan fingerprint density at radius 1 is 1.50 bits per heavy atom. The SMILES string of the molecule is Cc1cnc2cccc(OCC3CO3)c2c1. The average molecular weight is 215 g/mol. The van der Waals surface area contributed by atoms with Crippen molar-refractivity contribution in [3.63, 3.8) is 0 Å². The summed E-state index contributed by atoms with van der Waals surface area (Å²) >= 11 is 0. The predicted octanol–water partition coefficient (Wildman–Crippen LogP) is 2.32. The van der Waals surface area contributed by atoms with Gasteiger partial charge in [-0.15, -0.1) is 0 Å². The van der Waals surface area contributed by atoms with Crippen LogP contribution in [-0.2, 0) is 4.74 Å². The molecule has 2 aromatic rings. The fourth-order valence-electron chi connectivity index (χ4n) is 1.70. The van der Waals surface area contributed by atoms with E-state index in [1.807, 2.05) is 31.3 Å². The van der Waals surface area contributed by atoms with Gasteiger partial charge in [0.05, 0.1) is 12.1 Å². The van der Waals surface area contributed by atoms with Crippen LogP contribution in [0.4, 0.5) is 0 Å². The van der Waals surface area contributed by atoms with Crippen LogP contribution in [0.5, 0.6) is 5.75 Å². The van der Waals surface area contributed by atoms with Crippen LogP contribution >= 0.6 is 0 Å². The Balaban J connectivity index is 1.97. The molecule has 3 heteroatoms. The number of fused-ring (bicyclic) bond motifs is 1. The van der Waals surface area contributed by atoms with E-state index in [2.05, 4.69) is 11.1 Å². The average Bonchev–Trinajstić information content (AvgIpc) is 3.10. The summed E-state index contributed by atoms with van der Waals surface area (Å²) in [5, 5.41) is 1.07. The number of benzene rings is 1. The highest BCUT2D eigenvalue weighted by molar-refractivity contribution is 5.85. The molecule has 0 amide bonds. The topological polar surface area (TPSA) is 34.6 Å². The highest BCUT2D eigenvalue weighted by Gasteiger charge is 2.23. The second-order valence-corrected chi connectivity index (χ2v) is 4.10. The number of epoxide rings is 1. The summed E-state index contributed by atoms with van der Waals surface area (Å²) in [7, 11) is 0. The smallest absolute Gasteiger partial charge is 0.128 e. The van der Waals surface area contributed by atoms with Crippen LogP contribution < -0.4 is 4.74 Å². The van der Waals surface area contributed by atoms with Crippen LogP contribution in [0.2, 0.25) is 0 Å². The van der Waals surface area contributed by atoms with Crippen molar-refractivity contribution in [2.24, 2.45) is 0 Å². The van der Waals surface area contributed by atoms with Gasteiger partial charge in [0.1, 0.15) is 18.5 Å². The first-order chi connectivity index (χ1) is 7.83. The quantitative estimate of drug-likeness (QED) is 0.737. The Morgan fingerprint density at radius 3 is 3.19 bits per heavy atom. The molecule has 0 saturated carbocycles. The zero-order valence-electron chi connectivity index (χ0n) is 9.14. The van der Waals surface area contributed by atoms with Crippen molar-refractivity contribution in [3.05, 3.63) is 36.0 Å². The molecule has 3 rings (SSSR count). The van der Waals surface area contributed by atoms with Crippen molar-refractivity contribution >= 4 is 10.9 Å². The number of ether oxygens (including phenoxy) is 2. The van der Waals surface area contributed by atoms with Crippen molar-refractivity contribution in [2.75, 3.05) is 13.2 Å². The van der Waals surface area contributed by atoms with Gasteiger partial charge in [-0.2, -0.15) is 0 Å². The molecule has 0 bridgehead atoms.